The van der Waals surface area contributed by atoms with Gasteiger partial charge in [-0.3, -0.25) is 0 Å². The molecule has 0 unspecified atom stereocenters. The molecule has 0 amide bonds. The predicted molar refractivity (Wildman–Crippen MR) is 281 cm³/mol. The first kappa shape index (κ1) is 38.9. The molecular formula is C64H44N2. The molecule has 2 heteroatoms. The highest BCUT2D eigenvalue weighted by atomic mass is 15.0. The van der Waals surface area contributed by atoms with E-state index in [0.29, 0.717) is 0 Å². The van der Waals surface area contributed by atoms with E-state index in [2.05, 4.69) is 271 Å². The lowest BCUT2D eigenvalue weighted by Gasteiger charge is -2.24. The van der Waals surface area contributed by atoms with Gasteiger partial charge in [-0.25, -0.2) is 0 Å². The number of aromatic nitrogens is 1. The maximum Gasteiger partial charge on any atom is 0.0550 e. The van der Waals surface area contributed by atoms with E-state index in [4.69, 9.17) is 0 Å². The number of hydrogen-bond acceptors (Lipinski definition) is 1. The van der Waals surface area contributed by atoms with E-state index in [1.165, 1.54) is 66.0 Å². The fraction of sp³-hybridized carbons (Fsp3) is 0. The summed E-state index contributed by atoms with van der Waals surface area (Å²) in [7, 11) is 0. The summed E-state index contributed by atoms with van der Waals surface area (Å²) >= 11 is 0. The molecule has 0 saturated heterocycles. The van der Waals surface area contributed by atoms with Gasteiger partial charge in [0.25, 0.3) is 0 Å². The van der Waals surface area contributed by atoms with Crippen molar-refractivity contribution in [2.75, 3.05) is 5.32 Å². The van der Waals surface area contributed by atoms with Gasteiger partial charge in [-0.05, 0) is 103 Å². The van der Waals surface area contributed by atoms with Crippen LogP contribution in [0.25, 0.3) is 105 Å². The molecule has 1 heterocycles. The Bertz CT molecular complexity index is 3710. The first-order chi connectivity index (χ1) is 32.7. The first-order valence-corrected chi connectivity index (χ1v) is 22.7. The summed E-state index contributed by atoms with van der Waals surface area (Å²) in [6.07, 6.45) is 0. The van der Waals surface area contributed by atoms with Crippen molar-refractivity contribution in [3.05, 3.63) is 261 Å². The Labute approximate surface area is 385 Å². The summed E-state index contributed by atoms with van der Waals surface area (Å²) < 4.78 is 2.41. The van der Waals surface area contributed by atoms with Gasteiger partial charge in [0.05, 0.1) is 16.7 Å². The number of para-hydroxylation sites is 1. The van der Waals surface area contributed by atoms with Gasteiger partial charge in [0.15, 0.2) is 0 Å². The van der Waals surface area contributed by atoms with E-state index >= 15 is 0 Å². The van der Waals surface area contributed by atoms with Crippen molar-refractivity contribution >= 4 is 44.0 Å². The van der Waals surface area contributed by atoms with Gasteiger partial charge in [0.1, 0.15) is 0 Å². The van der Waals surface area contributed by atoms with Gasteiger partial charge in [-0.15, -0.1) is 0 Å². The molecule has 0 aliphatic heterocycles. The molecule has 1 N–H and O–H groups in total. The molecule has 0 aliphatic rings. The fourth-order valence-electron chi connectivity index (χ4n) is 9.90. The smallest absolute Gasteiger partial charge is 0.0550 e. The average molecular weight is 841 g/mol. The minimum absolute atomic E-state index is 1.06. The molecule has 0 radical (unpaired) electrons. The molecule has 12 rings (SSSR count). The van der Waals surface area contributed by atoms with Crippen LogP contribution in [0, 0.1) is 0 Å². The van der Waals surface area contributed by atoms with Gasteiger partial charge < -0.3 is 9.88 Å². The van der Waals surface area contributed by atoms with E-state index in [1.54, 1.807) is 0 Å². The average Bonchev–Trinajstić information content (AvgIpc) is 3.73. The molecule has 0 saturated carbocycles. The normalized spacial score (nSPS) is 11.3. The monoisotopic (exact) mass is 840 g/mol. The maximum atomic E-state index is 4.10. The summed E-state index contributed by atoms with van der Waals surface area (Å²) in [4.78, 5) is 0. The molecule has 11 aromatic carbocycles. The van der Waals surface area contributed by atoms with Crippen LogP contribution in [-0.4, -0.2) is 4.57 Å². The molecule has 0 atom stereocenters. The SMILES string of the molecule is c1ccc(-c2cccc(-n3c4ccccc4c4cc(-c5cccc(-c6ccc(-c7ccccc7)c(-c7ccccc7-c7ccccc7)c6Nc6cccc7ccccc67)c5)ccc43)c2)cc1. The zero-order valence-corrected chi connectivity index (χ0v) is 36.3. The van der Waals surface area contributed by atoms with Crippen LogP contribution in [0.4, 0.5) is 11.4 Å². The number of hydrogen-bond donors (Lipinski definition) is 1. The number of benzene rings is 11. The van der Waals surface area contributed by atoms with Gasteiger partial charge >= 0.3 is 0 Å². The summed E-state index contributed by atoms with van der Waals surface area (Å²) in [6, 6.07) is 94.5. The minimum atomic E-state index is 1.06. The Hall–Kier alpha value is -8.72. The second-order valence-corrected chi connectivity index (χ2v) is 16.9. The van der Waals surface area contributed by atoms with Crippen LogP contribution in [0.3, 0.4) is 0 Å². The molecule has 12 aromatic rings. The Morgan fingerprint density at radius 1 is 0.273 bits per heavy atom. The van der Waals surface area contributed by atoms with Crippen LogP contribution < -0.4 is 5.32 Å². The lowest BCUT2D eigenvalue weighted by atomic mass is 9.85. The summed E-state index contributed by atoms with van der Waals surface area (Å²) in [5, 5.41) is 8.93. The molecule has 0 spiro atoms. The van der Waals surface area contributed by atoms with Crippen molar-refractivity contribution in [1.82, 2.24) is 4.57 Å². The maximum absolute atomic E-state index is 4.10. The van der Waals surface area contributed by atoms with Crippen LogP contribution in [0.2, 0.25) is 0 Å². The third-order valence-electron chi connectivity index (χ3n) is 13.0. The summed E-state index contributed by atoms with van der Waals surface area (Å²) in [5.74, 6) is 0. The third-order valence-corrected chi connectivity index (χ3v) is 13.0. The Kier molecular flexibility index (Phi) is 9.89. The largest absolute Gasteiger partial charge is 0.354 e. The topological polar surface area (TPSA) is 17.0 Å². The van der Waals surface area contributed by atoms with Crippen molar-refractivity contribution in [2.45, 2.75) is 0 Å². The molecular weight excluding hydrogens is 797 g/mol. The number of nitrogens with one attached hydrogen (secondary N) is 1. The molecule has 0 bridgehead atoms. The van der Waals surface area contributed by atoms with E-state index in [0.717, 1.165) is 50.4 Å². The number of anilines is 2. The summed E-state index contributed by atoms with van der Waals surface area (Å²) in [6.45, 7) is 0. The van der Waals surface area contributed by atoms with Crippen molar-refractivity contribution in [1.29, 1.82) is 0 Å². The zero-order chi connectivity index (χ0) is 43.8. The zero-order valence-electron chi connectivity index (χ0n) is 36.3. The van der Waals surface area contributed by atoms with Gasteiger partial charge in [0, 0.05) is 38.7 Å². The van der Waals surface area contributed by atoms with Crippen molar-refractivity contribution in [3.63, 3.8) is 0 Å². The third kappa shape index (κ3) is 7.02. The van der Waals surface area contributed by atoms with Gasteiger partial charge in [-0.1, -0.05) is 218 Å². The fourth-order valence-corrected chi connectivity index (χ4v) is 9.90. The Morgan fingerprint density at radius 2 is 0.803 bits per heavy atom. The molecule has 2 nitrogen and oxygen atoms in total. The predicted octanol–water partition coefficient (Wildman–Crippen LogP) is 17.7. The van der Waals surface area contributed by atoms with Crippen molar-refractivity contribution in [2.24, 2.45) is 0 Å². The van der Waals surface area contributed by atoms with Crippen LogP contribution >= 0.6 is 0 Å². The molecule has 0 fully saturated rings. The molecule has 1 aromatic heterocycles. The lowest BCUT2D eigenvalue weighted by Crippen LogP contribution is -2.01. The van der Waals surface area contributed by atoms with Crippen LogP contribution in [-0.2, 0) is 0 Å². The van der Waals surface area contributed by atoms with E-state index in [-0.39, 0.29) is 0 Å². The van der Waals surface area contributed by atoms with Crippen LogP contribution in [0.5, 0.6) is 0 Å². The van der Waals surface area contributed by atoms with E-state index in [9.17, 15) is 0 Å². The van der Waals surface area contributed by atoms with Gasteiger partial charge in [-0.2, -0.15) is 0 Å². The minimum Gasteiger partial charge on any atom is -0.354 e. The highest BCUT2D eigenvalue weighted by Crippen LogP contribution is 2.49. The summed E-state index contributed by atoms with van der Waals surface area (Å²) in [5.41, 5.74) is 19.6. The number of fused-ring (bicyclic) bond motifs is 4. The van der Waals surface area contributed by atoms with E-state index in [1.807, 2.05) is 0 Å². The Balaban J connectivity index is 1.05. The van der Waals surface area contributed by atoms with Crippen molar-refractivity contribution < 1.29 is 0 Å². The second kappa shape index (κ2) is 16.8. The quantitative estimate of drug-likeness (QED) is 0.153. The number of rotatable bonds is 9. The van der Waals surface area contributed by atoms with Gasteiger partial charge in [0.2, 0.25) is 0 Å². The highest BCUT2D eigenvalue weighted by molar-refractivity contribution is 6.11. The molecule has 310 valence electrons. The standard InChI is InChI=1S/C64H44N2/c1-4-19-44(20-5-1)49-28-17-30-52(42-49)66-61-36-15-14-33-57(61)59-43-50(37-40-62(59)66)48-27-16-29-51(41-48)56-39-38-55(47-23-8-3-9-24-47)63(58-34-13-12-31-53(58)45-21-6-2-7-22-45)64(56)65-60-35-18-26-46-25-10-11-32-54(46)60/h1-43,65H. The number of nitrogens with zero attached hydrogens (tertiary/aromatic N) is 1. The van der Waals surface area contributed by atoms with Crippen molar-refractivity contribution in [3.8, 4) is 72.4 Å². The highest BCUT2D eigenvalue weighted by Gasteiger charge is 2.22. The van der Waals surface area contributed by atoms with E-state index < -0.39 is 0 Å². The first-order valence-electron chi connectivity index (χ1n) is 22.7. The lowest BCUT2D eigenvalue weighted by molar-refractivity contribution is 1.18. The second-order valence-electron chi connectivity index (χ2n) is 16.9. The molecule has 0 aliphatic carbocycles. The Morgan fingerprint density at radius 3 is 1.59 bits per heavy atom. The molecule has 66 heavy (non-hydrogen) atoms. The van der Waals surface area contributed by atoms with Crippen LogP contribution in [0.15, 0.2) is 261 Å². The van der Waals surface area contributed by atoms with Crippen LogP contribution in [0.1, 0.15) is 0 Å².